The summed E-state index contributed by atoms with van der Waals surface area (Å²) in [4.78, 5) is 0. The molecule has 98 valence electrons. The number of nitrogen functional groups attached to an aromatic ring is 1. The summed E-state index contributed by atoms with van der Waals surface area (Å²) in [6.45, 7) is 8.47. The van der Waals surface area contributed by atoms with E-state index in [9.17, 15) is 0 Å². The molecule has 1 heterocycles. The van der Waals surface area contributed by atoms with Gasteiger partial charge in [-0.05, 0) is 18.6 Å². The standard InChI is InChI=1S/C14H19N3.ClH/c1-10-7-5-6-8-11(10)17-13(15)9-12(16-17)14(2,3)4;/h5-9H,15H2,1-4H3;1H. The van der Waals surface area contributed by atoms with Crippen molar-refractivity contribution in [2.24, 2.45) is 0 Å². The van der Waals surface area contributed by atoms with Gasteiger partial charge in [-0.1, -0.05) is 39.0 Å². The van der Waals surface area contributed by atoms with Crippen molar-refractivity contribution in [1.29, 1.82) is 0 Å². The van der Waals surface area contributed by atoms with Crippen LogP contribution in [0, 0.1) is 6.92 Å². The van der Waals surface area contributed by atoms with Crippen LogP contribution in [0.1, 0.15) is 32.0 Å². The highest BCUT2D eigenvalue weighted by Crippen LogP contribution is 2.25. The number of para-hydroxylation sites is 1. The molecule has 2 rings (SSSR count). The van der Waals surface area contributed by atoms with Gasteiger partial charge in [-0.15, -0.1) is 12.4 Å². The van der Waals surface area contributed by atoms with Gasteiger partial charge in [-0.25, -0.2) is 4.68 Å². The van der Waals surface area contributed by atoms with Crippen molar-refractivity contribution < 1.29 is 0 Å². The monoisotopic (exact) mass is 265 g/mol. The number of benzene rings is 1. The Morgan fingerprint density at radius 2 is 1.78 bits per heavy atom. The topological polar surface area (TPSA) is 43.8 Å². The van der Waals surface area contributed by atoms with Crippen molar-refractivity contribution in [3.05, 3.63) is 41.6 Å². The lowest BCUT2D eigenvalue weighted by Gasteiger charge is -2.14. The molecule has 0 saturated carbocycles. The predicted octanol–water partition coefficient (Wildman–Crippen LogP) is 3.48. The maximum atomic E-state index is 6.04. The highest BCUT2D eigenvalue weighted by atomic mass is 35.5. The lowest BCUT2D eigenvalue weighted by molar-refractivity contribution is 0.560. The summed E-state index contributed by atoms with van der Waals surface area (Å²) < 4.78 is 1.82. The van der Waals surface area contributed by atoms with Crippen LogP contribution in [0.5, 0.6) is 0 Å². The fraction of sp³-hybridized carbons (Fsp3) is 0.357. The molecule has 0 bridgehead atoms. The van der Waals surface area contributed by atoms with Crippen molar-refractivity contribution in [1.82, 2.24) is 9.78 Å². The summed E-state index contributed by atoms with van der Waals surface area (Å²) in [6, 6.07) is 10.1. The van der Waals surface area contributed by atoms with Gasteiger partial charge in [-0.2, -0.15) is 5.10 Å². The number of aromatic nitrogens is 2. The van der Waals surface area contributed by atoms with Crippen LogP contribution in [0.3, 0.4) is 0 Å². The molecule has 3 nitrogen and oxygen atoms in total. The predicted molar refractivity (Wildman–Crippen MR) is 78.7 cm³/mol. The summed E-state index contributed by atoms with van der Waals surface area (Å²) in [5.41, 5.74) is 9.28. The molecule has 0 atom stereocenters. The zero-order valence-corrected chi connectivity index (χ0v) is 12.1. The van der Waals surface area contributed by atoms with Crippen molar-refractivity contribution in [2.75, 3.05) is 5.73 Å². The van der Waals surface area contributed by atoms with Crippen LogP contribution in [-0.4, -0.2) is 9.78 Å². The van der Waals surface area contributed by atoms with Crippen LogP contribution in [0.2, 0.25) is 0 Å². The van der Waals surface area contributed by atoms with E-state index < -0.39 is 0 Å². The highest BCUT2D eigenvalue weighted by Gasteiger charge is 2.19. The van der Waals surface area contributed by atoms with Crippen LogP contribution in [0.15, 0.2) is 30.3 Å². The molecule has 0 radical (unpaired) electrons. The van der Waals surface area contributed by atoms with Crippen molar-refractivity contribution in [2.45, 2.75) is 33.1 Å². The quantitative estimate of drug-likeness (QED) is 0.858. The number of hydrogen-bond donors (Lipinski definition) is 1. The molecule has 4 heteroatoms. The summed E-state index contributed by atoms with van der Waals surface area (Å²) in [6.07, 6.45) is 0. The Morgan fingerprint density at radius 3 is 2.28 bits per heavy atom. The van der Waals surface area contributed by atoms with E-state index in [1.807, 2.05) is 28.9 Å². The minimum absolute atomic E-state index is 0. The van der Waals surface area contributed by atoms with Crippen molar-refractivity contribution >= 4 is 18.2 Å². The van der Waals surface area contributed by atoms with E-state index in [4.69, 9.17) is 5.73 Å². The Kier molecular flexibility index (Phi) is 4.07. The third-order valence-corrected chi connectivity index (χ3v) is 2.85. The first-order chi connectivity index (χ1) is 7.89. The van der Waals surface area contributed by atoms with E-state index in [1.54, 1.807) is 0 Å². The molecule has 0 aliphatic carbocycles. The van der Waals surface area contributed by atoms with Gasteiger partial charge in [-0.3, -0.25) is 0 Å². The maximum absolute atomic E-state index is 6.04. The molecule has 2 aromatic rings. The third-order valence-electron chi connectivity index (χ3n) is 2.85. The zero-order chi connectivity index (χ0) is 12.6. The smallest absolute Gasteiger partial charge is 0.127 e. The number of halogens is 1. The molecule has 0 aliphatic rings. The number of nitrogens with two attached hydrogens (primary N) is 1. The first-order valence-corrected chi connectivity index (χ1v) is 5.81. The summed E-state index contributed by atoms with van der Waals surface area (Å²) in [7, 11) is 0. The minimum atomic E-state index is 0. The molecule has 0 spiro atoms. The average Bonchev–Trinajstić information content (AvgIpc) is 2.61. The molecular weight excluding hydrogens is 246 g/mol. The fourth-order valence-corrected chi connectivity index (χ4v) is 1.76. The first kappa shape index (κ1) is 14.6. The Balaban J connectivity index is 0.00000162. The Labute approximate surface area is 114 Å². The molecule has 0 saturated heterocycles. The molecule has 0 unspecified atom stereocenters. The van der Waals surface area contributed by atoms with Gasteiger partial charge >= 0.3 is 0 Å². The van der Waals surface area contributed by atoms with E-state index in [-0.39, 0.29) is 17.8 Å². The Bertz CT molecular complexity index is 538. The van der Waals surface area contributed by atoms with Crippen LogP contribution in [-0.2, 0) is 5.41 Å². The van der Waals surface area contributed by atoms with Crippen molar-refractivity contribution in [3.8, 4) is 5.69 Å². The van der Waals surface area contributed by atoms with Crippen molar-refractivity contribution in [3.63, 3.8) is 0 Å². The number of nitrogens with zero attached hydrogens (tertiary/aromatic N) is 2. The minimum Gasteiger partial charge on any atom is -0.384 e. The van der Waals surface area contributed by atoms with E-state index in [0.717, 1.165) is 11.4 Å². The van der Waals surface area contributed by atoms with E-state index in [1.165, 1.54) is 5.56 Å². The number of hydrogen-bond acceptors (Lipinski definition) is 2. The second-order valence-corrected chi connectivity index (χ2v) is 5.40. The second-order valence-electron chi connectivity index (χ2n) is 5.40. The van der Waals surface area contributed by atoms with Gasteiger partial charge in [0.1, 0.15) is 5.82 Å². The van der Waals surface area contributed by atoms with Gasteiger partial charge in [0.15, 0.2) is 0 Å². The molecule has 2 N–H and O–H groups in total. The summed E-state index contributed by atoms with van der Waals surface area (Å²) in [5.74, 6) is 0.684. The SMILES string of the molecule is Cc1ccccc1-n1nc(C(C)(C)C)cc1N.Cl. The molecule has 18 heavy (non-hydrogen) atoms. The zero-order valence-electron chi connectivity index (χ0n) is 11.3. The first-order valence-electron chi connectivity index (χ1n) is 5.81. The van der Waals surface area contributed by atoms with Gasteiger partial charge in [0.25, 0.3) is 0 Å². The van der Waals surface area contributed by atoms with E-state index in [0.29, 0.717) is 5.82 Å². The van der Waals surface area contributed by atoms with Gasteiger partial charge in [0.05, 0.1) is 11.4 Å². The lowest BCUT2D eigenvalue weighted by Crippen LogP contribution is -2.12. The number of rotatable bonds is 1. The average molecular weight is 266 g/mol. The van der Waals surface area contributed by atoms with Crippen LogP contribution < -0.4 is 5.73 Å². The largest absolute Gasteiger partial charge is 0.384 e. The van der Waals surface area contributed by atoms with Crippen LogP contribution >= 0.6 is 12.4 Å². The fourth-order valence-electron chi connectivity index (χ4n) is 1.76. The lowest BCUT2D eigenvalue weighted by atomic mass is 9.92. The number of anilines is 1. The van der Waals surface area contributed by atoms with E-state index in [2.05, 4.69) is 38.9 Å². The third kappa shape index (κ3) is 2.67. The summed E-state index contributed by atoms with van der Waals surface area (Å²) >= 11 is 0. The normalized spacial score (nSPS) is 11.1. The highest BCUT2D eigenvalue weighted by molar-refractivity contribution is 5.85. The maximum Gasteiger partial charge on any atom is 0.127 e. The molecule has 1 aromatic carbocycles. The molecule has 0 amide bonds. The Hall–Kier alpha value is -1.48. The van der Waals surface area contributed by atoms with Gasteiger partial charge < -0.3 is 5.73 Å². The molecule has 1 aromatic heterocycles. The Morgan fingerprint density at radius 1 is 1.17 bits per heavy atom. The second kappa shape index (κ2) is 5.02. The molecule has 0 aliphatic heterocycles. The van der Waals surface area contributed by atoms with Crippen LogP contribution in [0.25, 0.3) is 5.69 Å². The van der Waals surface area contributed by atoms with Gasteiger partial charge in [0.2, 0.25) is 0 Å². The summed E-state index contributed by atoms with van der Waals surface area (Å²) in [5, 5.41) is 4.60. The van der Waals surface area contributed by atoms with E-state index >= 15 is 0 Å². The van der Waals surface area contributed by atoms with Crippen LogP contribution in [0.4, 0.5) is 5.82 Å². The molecule has 0 fully saturated rings. The van der Waals surface area contributed by atoms with Gasteiger partial charge in [0, 0.05) is 11.5 Å². The number of aryl methyl sites for hydroxylation is 1. The molecular formula is C14H20ClN3.